The molecule has 2 rings (SSSR count). The molecule has 1 aromatic rings. The SMILES string of the molecule is CC(C)(C(=O)Nc1c(Cl)cccc1Cl)C(=O)N1CCCCCC1. The molecule has 2 amide bonds. The van der Waals surface area contributed by atoms with Crippen LogP contribution in [0.15, 0.2) is 18.2 Å². The summed E-state index contributed by atoms with van der Waals surface area (Å²) in [4.78, 5) is 27.2. The molecule has 1 aliphatic heterocycles. The van der Waals surface area contributed by atoms with Crippen molar-refractivity contribution in [1.82, 2.24) is 4.90 Å². The molecule has 1 saturated heterocycles. The van der Waals surface area contributed by atoms with E-state index in [1.54, 1.807) is 36.9 Å². The molecule has 1 heterocycles. The molecule has 1 fully saturated rings. The quantitative estimate of drug-likeness (QED) is 0.817. The first kappa shape index (κ1) is 18.1. The molecule has 0 atom stereocenters. The van der Waals surface area contributed by atoms with E-state index >= 15 is 0 Å². The van der Waals surface area contributed by atoms with Crippen molar-refractivity contribution in [2.45, 2.75) is 39.5 Å². The number of amides is 2. The van der Waals surface area contributed by atoms with Crippen molar-refractivity contribution in [3.8, 4) is 0 Å². The molecule has 126 valence electrons. The highest BCUT2D eigenvalue weighted by molar-refractivity contribution is 6.40. The third-order valence-corrected chi connectivity index (χ3v) is 4.83. The van der Waals surface area contributed by atoms with Crippen LogP contribution >= 0.6 is 23.2 Å². The lowest BCUT2D eigenvalue weighted by atomic mass is 9.90. The maximum absolute atomic E-state index is 12.8. The second kappa shape index (κ2) is 7.54. The van der Waals surface area contributed by atoms with Gasteiger partial charge in [-0.05, 0) is 38.8 Å². The van der Waals surface area contributed by atoms with Crippen molar-refractivity contribution in [3.05, 3.63) is 28.2 Å². The van der Waals surface area contributed by atoms with Gasteiger partial charge >= 0.3 is 0 Å². The number of halogens is 2. The summed E-state index contributed by atoms with van der Waals surface area (Å²) in [7, 11) is 0. The molecule has 1 aliphatic rings. The fourth-order valence-corrected chi connectivity index (χ4v) is 3.15. The van der Waals surface area contributed by atoms with Crippen molar-refractivity contribution in [2.75, 3.05) is 18.4 Å². The van der Waals surface area contributed by atoms with Gasteiger partial charge in [-0.3, -0.25) is 9.59 Å². The Hall–Kier alpha value is -1.26. The number of carbonyl (C=O) groups is 2. The number of hydrogen-bond donors (Lipinski definition) is 1. The van der Waals surface area contributed by atoms with Gasteiger partial charge in [0.2, 0.25) is 11.8 Å². The van der Waals surface area contributed by atoms with Gasteiger partial charge in [-0.15, -0.1) is 0 Å². The zero-order valence-corrected chi connectivity index (χ0v) is 15.0. The number of para-hydroxylation sites is 1. The Morgan fingerprint density at radius 2 is 1.57 bits per heavy atom. The molecule has 1 aromatic carbocycles. The molecule has 0 unspecified atom stereocenters. The normalized spacial score (nSPS) is 15.9. The first-order chi connectivity index (χ1) is 10.8. The van der Waals surface area contributed by atoms with Crippen LogP contribution in [0.4, 0.5) is 5.69 Å². The van der Waals surface area contributed by atoms with E-state index in [1.165, 1.54) is 0 Å². The summed E-state index contributed by atoms with van der Waals surface area (Å²) >= 11 is 12.2. The summed E-state index contributed by atoms with van der Waals surface area (Å²) in [5.74, 6) is -0.554. The van der Waals surface area contributed by atoms with E-state index in [9.17, 15) is 9.59 Å². The maximum atomic E-state index is 12.8. The first-order valence-electron chi connectivity index (χ1n) is 7.89. The average Bonchev–Trinajstić information content (AvgIpc) is 2.79. The van der Waals surface area contributed by atoms with Gasteiger partial charge in [0.1, 0.15) is 5.41 Å². The highest BCUT2D eigenvalue weighted by atomic mass is 35.5. The van der Waals surface area contributed by atoms with Crippen molar-refractivity contribution in [3.63, 3.8) is 0 Å². The monoisotopic (exact) mass is 356 g/mol. The minimum absolute atomic E-state index is 0.153. The van der Waals surface area contributed by atoms with Crippen LogP contribution < -0.4 is 5.32 Å². The summed E-state index contributed by atoms with van der Waals surface area (Å²) < 4.78 is 0. The minimum atomic E-state index is -1.17. The molecule has 23 heavy (non-hydrogen) atoms. The molecule has 6 heteroatoms. The van der Waals surface area contributed by atoms with Crippen LogP contribution in [0.5, 0.6) is 0 Å². The predicted molar refractivity (Wildman–Crippen MR) is 93.9 cm³/mol. The lowest BCUT2D eigenvalue weighted by molar-refractivity contribution is -0.146. The Morgan fingerprint density at radius 3 is 2.09 bits per heavy atom. The molecule has 0 aliphatic carbocycles. The zero-order chi connectivity index (χ0) is 17.0. The Balaban J connectivity index is 2.14. The van der Waals surface area contributed by atoms with Crippen molar-refractivity contribution < 1.29 is 9.59 Å². The van der Waals surface area contributed by atoms with Crippen molar-refractivity contribution >= 4 is 40.7 Å². The molecule has 0 spiro atoms. The van der Waals surface area contributed by atoms with Gasteiger partial charge in [0, 0.05) is 13.1 Å². The topological polar surface area (TPSA) is 49.4 Å². The van der Waals surface area contributed by atoms with Gasteiger partial charge in [0.15, 0.2) is 0 Å². The van der Waals surface area contributed by atoms with Gasteiger partial charge in [0.25, 0.3) is 0 Å². The van der Waals surface area contributed by atoms with Gasteiger partial charge < -0.3 is 10.2 Å². The molecule has 0 bridgehead atoms. The smallest absolute Gasteiger partial charge is 0.239 e. The van der Waals surface area contributed by atoms with Crippen LogP contribution in [-0.2, 0) is 9.59 Å². The fourth-order valence-electron chi connectivity index (χ4n) is 2.65. The largest absolute Gasteiger partial charge is 0.342 e. The number of likely N-dealkylation sites (tertiary alicyclic amines) is 1. The van der Waals surface area contributed by atoms with Crippen LogP contribution in [-0.4, -0.2) is 29.8 Å². The number of hydrogen-bond acceptors (Lipinski definition) is 2. The molecule has 4 nitrogen and oxygen atoms in total. The molecular weight excluding hydrogens is 335 g/mol. The molecule has 1 N–H and O–H groups in total. The summed E-state index contributed by atoms with van der Waals surface area (Å²) in [6.07, 6.45) is 4.23. The molecule has 0 radical (unpaired) electrons. The van der Waals surface area contributed by atoms with E-state index in [4.69, 9.17) is 23.2 Å². The van der Waals surface area contributed by atoms with E-state index in [1.807, 2.05) is 0 Å². The number of nitrogens with one attached hydrogen (secondary N) is 1. The van der Waals surface area contributed by atoms with Gasteiger partial charge in [-0.25, -0.2) is 0 Å². The second-order valence-corrected chi connectivity index (χ2v) is 7.20. The Labute approximate surface area is 147 Å². The summed E-state index contributed by atoms with van der Waals surface area (Å²) in [6.45, 7) is 4.70. The van der Waals surface area contributed by atoms with Crippen LogP contribution in [0.2, 0.25) is 10.0 Å². The highest BCUT2D eigenvalue weighted by Gasteiger charge is 2.39. The van der Waals surface area contributed by atoms with Gasteiger partial charge in [0.05, 0.1) is 15.7 Å². The fraction of sp³-hybridized carbons (Fsp3) is 0.529. The number of rotatable bonds is 3. The van der Waals surface area contributed by atoms with E-state index < -0.39 is 11.3 Å². The van der Waals surface area contributed by atoms with Crippen molar-refractivity contribution in [2.24, 2.45) is 5.41 Å². The van der Waals surface area contributed by atoms with Crippen LogP contribution in [0.1, 0.15) is 39.5 Å². The van der Waals surface area contributed by atoms with Crippen LogP contribution in [0, 0.1) is 5.41 Å². The van der Waals surface area contributed by atoms with Crippen LogP contribution in [0.3, 0.4) is 0 Å². The van der Waals surface area contributed by atoms with Crippen molar-refractivity contribution in [1.29, 1.82) is 0 Å². The number of nitrogens with zero attached hydrogens (tertiary/aromatic N) is 1. The average molecular weight is 357 g/mol. The Bertz CT molecular complexity index is 574. The van der Waals surface area contributed by atoms with Crippen LogP contribution in [0.25, 0.3) is 0 Å². The van der Waals surface area contributed by atoms with Gasteiger partial charge in [-0.1, -0.05) is 42.1 Å². The molecular formula is C17H22Cl2N2O2. The third kappa shape index (κ3) is 4.18. The predicted octanol–water partition coefficient (Wildman–Crippen LogP) is 4.36. The summed E-state index contributed by atoms with van der Waals surface area (Å²) in [5, 5.41) is 3.41. The molecule has 0 aromatic heterocycles. The third-order valence-electron chi connectivity index (χ3n) is 4.20. The lowest BCUT2D eigenvalue weighted by Gasteiger charge is -2.30. The van der Waals surface area contributed by atoms with E-state index in [2.05, 4.69) is 5.32 Å². The first-order valence-corrected chi connectivity index (χ1v) is 8.64. The molecule has 0 saturated carbocycles. The van der Waals surface area contributed by atoms with E-state index in [0.29, 0.717) is 28.8 Å². The standard InChI is InChI=1S/C17H22Cl2N2O2/c1-17(2,16(23)21-10-5-3-4-6-11-21)15(22)20-14-12(18)8-7-9-13(14)19/h7-9H,3-6,10-11H2,1-2H3,(H,20,22). The van der Waals surface area contributed by atoms with E-state index in [-0.39, 0.29) is 5.91 Å². The zero-order valence-electron chi connectivity index (χ0n) is 13.5. The summed E-state index contributed by atoms with van der Waals surface area (Å²) in [6, 6.07) is 4.99. The number of anilines is 1. The number of benzene rings is 1. The van der Waals surface area contributed by atoms with E-state index in [0.717, 1.165) is 25.7 Å². The lowest BCUT2D eigenvalue weighted by Crippen LogP contribution is -2.47. The summed E-state index contributed by atoms with van der Waals surface area (Å²) in [5.41, 5.74) is -0.829. The second-order valence-electron chi connectivity index (χ2n) is 6.38. The number of carbonyl (C=O) groups excluding carboxylic acids is 2. The van der Waals surface area contributed by atoms with Gasteiger partial charge in [-0.2, -0.15) is 0 Å². The highest BCUT2D eigenvalue weighted by Crippen LogP contribution is 2.32. The Kier molecular flexibility index (Phi) is 5.93. The Morgan fingerprint density at radius 1 is 1.04 bits per heavy atom. The maximum Gasteiger partial charge on any atom is 0.239 e. The minimum Gasteiger partial charge on any atom is -0.342 e.